The second kappa shape index (κ2) is 7.35. The van der Waals surface area contributed by atoms with Crippen molar-refractivity contribution in [1.82, 2.24) is 12.3 Å². The fraction of sp³-hybridized carbons (Fsp3) is 0. The molecule has 9 heteroatoms. The van der Waals surface area contributed by atoms with E-state index in [0.717, 1.165) is 0 Å². The van der Waals surface area contributed by atoms with Gasteiger partial charge in [0.2, 0.25) is 0 Å². The summed E-state index contributed by atoms with van der Waals surface area (Å²) in [6, 6.07) is 0. The monoisotopic (exact) mass is 172 g/mol. The van der Waals surface area contributed by atoms with Crippen LogP contribution in [-0.4, -0.2) is 18.3 Å². The van der Waals surface area contributed by atoms with Crippen LogP contribution >= 0.6 is 0 Å². The first-order valence-electron chi connectivity index (χ1n) is 1.22. The summed E-state index contributed by atoms with van der Waals surface area (Å²) in [7, 11) is -7.03. The van der Waals surface area contributed by atoms with Gasteiger partial charge in [-0.15, -0.1) is 0 Å². The van der Waals surface area contributed by atoms with Gasteiger partial charge in [-0.2, -0.15) is 0 Å². The molecular weight excluding hydrogens is 164 g/mol. The second-order valence-corrected chi connectivity index (χ2v) is 2.42. The van der Waals surface area contributed by atoms with Crippen LogP contribution in [0.25, 0.3) is 0 Å². The van der Waals surface area contributed by atoms with Crippen LogP contribution in [0.2, 0.25) is 0 Å². The highest BCUT2D eigenvalue weighted by Gasteiger charge is 1.87. The van der Waals surface area contributed by atoms with E-state index in [1.165, 1.54) is 0 Å². The third kappa shape index (κ3) is 18.7. The lowest BCUT2D eigenvalue weighted by molar-refractivity contribution is -0.250. The first-order chi connectivity index (χ1) is 3.13. The minimum Gasteiger partial charge on any atom is -0.570 e. The Morgan fingerprint density at radius 1 is 1.00 bits per heavy atom. The Kier molecular flexibility index (Phi) is 12.9. The van der Waals surface area contributed by atoms with E-state index in [-0.39, 0.29) is 12.3 Å². The molecule has 0 amide bonds. The normalized spacial score (nSPS) is 5.78. The molecule has 56 valence electrons. The molecule has 0 aliphatic heterocycles. The van der Waals surface area contributed by atoms with Crippen molar-refractivity contribution in [3.05, 3.63) is 0 Å². The van der Waals surface area contributed by atoms with Crippen molar-refractivity contribution < 1.29 is 22.6 Å². The van der Waals surface area contributed by atoms with Crippen LogP contribution in [0.1, 0.15) is 0 Å². The van der Waals surface area contributed by atoms with Gasteiger partial charge in [0.25, 0.3) is 0 Å². The minimum absolute atomic E-state index is 0. The van der Waals surface area contributed by atoms with Crippen LogP contribution in [0.4, 0.5) is 0 Å². The van der Waals surface area contributed by atoms with E-state index < -0.39 is 18.3 Å². The quantitative estimate of drug-likeness (QED) is 0.432. The highest BCUT2D eigenvalue weighted by Crippen LogP contribution is 1.54. The van der Waals surface area contributed by atoms with Gasteiger partial charge in [0.1, 0.15) is 0 Å². The third-order valence-corrected chi connectivity index (χ3v) is 1.50. The Hall–Kier alpha value is -0.646. The summed E-state index contributed by atoms with van der Waals surface area (Å²) in [5, 5.41) is 0. The van der Waals surface area contributed by atoms with Crippen LogP contribution in [0.3, 0.4) is 0 Å². The number of rotatable bonds is 2. The summed E-state index contributed by atoms with van der Waals surface area (Å²) in [6.07, 6.45) is 0. The Labute approximate surface area is 54.3 Å². The van der Waals surface area contributed by atoms with Gasteiger partial charge in [0, 0.05) is 0 Å². The minimum atomic E-state index is -3.51. The van der Waals surface area contributed by atoms with E-state index in [0.29, 0.717) is 0 Å². The fourth-order valence-corrected chi connectivity index (χ4v) is 0.612. The van der Waals surface area contributed by atoms with Crippen LogP contribution in [0.15, 0.2) is 0 Å². The summed E-state index contributed by atoms with van der Waals surface area (Å²) < 4.78 is 21.8. The molecule has 0 radical (unpaired) electrons. The van der Waals surface area contributed by atoms with Crippen molar-refractivity contribution in [3.8, 4) is 0 Å². The van der Waals surface area contributed by atoms with Crippen molar-refractivity contribution >= 4 is 18.3 Å². The topological polar surface area (TPSA) is 162 Å². The Morgan fingerprint density at radius 2 is 1.22 bits per heavy atom. The molecule has 0 fully saturated rings. The molecule has 7 nitrogen and oxygen atoms in total. The van der Waals surface area contributed by atoms with E-state index in [1.807, 2.05) is 0 Å². The molecular formula is H8N2O5Si2. The molecule has 0 aromatic carbocycles. The molecule has 0 saturated carbocycles. The zero-order valence-corrected chi connectivity index (χ0v) is 7.04. The molecule has 0 spiro atoms. The predicted molar refractivity (Wildman–Crippen MR) is 25.9 cm³/mol. The maximum atomic E-state index is 9.29. The Balaban J connectivity index is -0.000000180. The Morgan fingerprint density at radius 3 is 1.22 bits per heavy atom. The molecule has 0 aromatic rings. The van der Waals surface area contributed by atoms with Crippen LogP contribution < -0.4 is 21.9 Å². The van der Waals surface area contributed by atoms with Gasteiger partial charge in [0.05, 0.1) is 0 Å². The highest BCUT2D eigenvalue weighted by atomic mass is 28.4. The smallest absolute Gasteiger partial charge is 0.410 e. The van der Waals surface area contributed by atoms with E-state index in [1.54, 1.807) is 0 Å². The van der Waals surface area contributed by atoms with Gasteiger partial charge in [-0.3, -0.25) is 0 Å². The van der Waals surface area contributed by atoms with Gasteiger partial charge >= 0.3 is 18.3 Å². The van der Waals surface area contributed by atoms with Crippen LogP contribution in [0.5, 0.6) is 0 Å². The largest absolute Gasteiger partial charge is 0.570 e. The maximum Gasteiger partial charge on any atom is 0.410 e. The van der Waals surface area contributed by atoms with Gasteiger partial charge in [-0.1, -0.05) is 0 Å². The van der Waals surface area contributed by atoms with E-state index in [9.17, 15) is 18.5 Å². The fourth-order valence-electron chi connectivity index (χ4n) is 0.0680. The molecule has 0 heterocycles. The summed E-state index contributed by atoms with van der Waals surface area (Å²) in [4.78, 5) is 18.6. The lowest BCUT2D eigenvalue weighted by Gasteiger charge is -1.99. The molecule has 0 aromatic heterocycles. The molecule has 0 bridgehead atoms. The van der Waals surface area contributed by atoms with Gasteiger partial charge in [-0.25, -0.2) is 0 Å². The zero-order chi connectivity index (χ0) is 5.86. The van der Waals surface area contributed by atoms with Crippen molar-refractivity contribution in [2.45, 2.75) is 0 Å². The molecule has 0 atom stereocenters. The molecule has 8 N–H and O–H groups in total. The first kappa shape index (κ1) is 15.8. The van der Waals surface area contributed by atoms with Gasteiger partial charge in [0.15, 0.2) is 0 Å². The predicted octanol–water partition coefficient (Wildman–Crippen LogP) is -2.69. The standard InChI is InChI=1S/2H3N.O5Si2/c;;1-6(2)5-7(3)4/h2*1H3;/q;;-2/p+2. The number of hydrogen-bond donors (Lipinski definition) is 2. The molecule has 0 aliphatic rings. The van der Waals surface area contributed by atoms with Crippen molar-refractivity contribution in [3.63, 3.8) is 0 Å². The van der Waals surface area contributed by atoms with Gasteiger partial charge < -0.3 is 34.9 Å². The van der Waals surface area contributed by atoms with Gasteiger partial charge in [-0.05, 0) is 0 Å². The average Bonchev–Trinajstić information content (AvgIpc) is 1.27. The summed E-state index contributed by atoms with van der Waals surface area (Å²) >= 11 is 0. The maximum absolute atomic E-state index is 9.29. The zero-order valence-electron chi connectivity index (χ0n) is 5.04. The van der Waals surface area contributed by atoms with Crippen LogP contribution in [-0.2, 0) is 13.0 Å². The number of hydrogen-bond acceptors (Lipinski definition) is 5. The lowest BCUT2D eigenvalue weighted by atomic mass is 14.0. The molecule has 0 unspecified atom stereocenters. The van der Waals surface area contributed by atoms with E-state index in [4.69, 9.17) is 0 Å². The SMILES string of the molecule is O=[Si]([O-])O[Si](=O)[O-].[NH4+].[NH4+]. The molecule has 0 aliphatic carbocycles. The molecule has 9 heavy (non-hydrogen) atoms. The van der Waals surface area contributed by atoms with E-state index in [2.05, 4.69) is 4.12 Å². The second-order valence-electron chi connectivity index (χ2n) is 0.602. The number of quaternary nitrogens is 2. The van der Waals surface area contributed by atoms with Crippen molar-refractivity contribution in [1.29, 1.82) is 0 Å². The van der Waals surface area contributed by atoms with Crippen molar-refractivity contribution in [2.75, 3.05) is 0 Å². The summed E-state index contributed by atoms with van der Waals surface area (Å²) in [5.41, 5.74) is 0. The van der Waals surface area contributed by atoms with E-state index >= 15 is 0 Å². The summed E-state index contributed by atoms with van der Waals surface area (Å²) in [5.74, 6) is 0. The third-order valence-electron chi connectivity index (χ3n) is 0.167. The lowest BCUT2D eigenvalue weighted by Crippen LogP contribution is -2.35. The van der Waals surface area contributed by atoms with Crippen molar-refractivity contribution in [2.24, 2.45) is 0 Å². The molecule has 0 saturated heterocycles. The summed E-state index contributed by atoms with van der Waals surface area (Å²) in [6.45, 7) is 0. The highest BCUT2D eigenvalue weighted by molar-refractivity contribution is 6.38. The molecule has 0 rings (SSSR count). The average molecular weight is 172 g/mol. The Bertz CT molecular complexity index is 89.1. The van der Waals surface area contributed by atoms with Crippen LogP contribution in [0, 0.1) is 0 Å². The first-order valence-corrected chi connectivity index (χ1v) is 3.67.